The zero-order valence-electron chi connectivity index (χ0n) is 21.8. The zero-order valence-corrected chi connectivity index (χ0v) is 22.6. The Bertz CT molecular complexity index is 1130. The van der Waals surface area contributed by atoms with Crippen LogP contribution >= 0.6 is 11.8 Å². The molecule has 3 aliphatic carbocycles. The maximum Gasteiger partial charge on any atom is 0.361 e. The minimum atomic E-state index is -0.897. The quantitative estimate of drug-likeness (QED) is 0.512. The fraction of sp³-hybridized carbons (Fsp3) is 0.600. The van der Waals surface area contributed by atoms with Gasteiger partial charge >= 0.3 is 5.97 Å². The maximum atomic E-state index is 12.0. The van der Waals surface area contributed by atoms with E-state index in [2.05, 4.69) is 47.0 Å². The molecule has 0 amide bonds. The van der Waals surface area contributed by atoms with Gasteiger partial charge in [-0.3, -0.25) is 4.99 Å². The van der Waals surface area contributed by atoms with Crippen molar-refractivity contribution in [1.29, 1.82) is 0 Å². The summed E-state index contributed by atoms with van der Waals surface area (Å²) in [5.41, 5.74) is 8.50. The summed E-state index contributed by atoms with van der Waals surface area (Å²) < 4.78 is 0. The summed E-state index contributed by atoms with van der Waals surface area (Å²) >= 11 is 1.42. The second-order valence-corrected chi connectivity index (χ2v) is 12.7. The summed E-state index contributed by atoms with van der Waals surface area (Å²) in [6, 6.07) is 0. The topological polar surface area (TPSA) is 56.1 Å². The lowest BCUT2D eigenvalue weighted by atomic mass is 9.80. The minimum absolute atomic E-state index is 0.248. The molecule has 0 aromatic rings. The Morgan fingerprint density at radius 1 is 1.11 bits per heavy atom. The molecule has 3 aliphatic heterocycles. The average Bonchev–Trinajstić information content (AvgIpc) is 3.35. The molecule has 192 valence electrons. The number of allylic oxidation sites excluding steroid dienone is 7. The predicted molar refractivity (Wildman–Crippen MR) is 148 cm³/mol. The Labute approximate surface area is 219 Å². The normalized spacial score (nSPS) is 29.2. The first-order valence-corrected chi connectivity index (χ1v) is 14.8. The molecule has 36 heavy (non-hydrogen) atoms. The standard InChI is InChI=1S/C30H39N3O2S/c1-19-7-6-12-32(16-19)13-14-33-17-22-15-31-29(30(34)35)36-28(22)27-24(18-33)25-20(2)10-11-23(25)26(27)21-8-4-3-5-9-21/h10-11,18-19,21,25H,3-9,12-17H2,1-2H3,(H,34,35). The van der Waals surface area contributed by atoms with E-state index in [4.69, 9.17) is 0 Å². The number of carboxylic acid groups (broad SMARTS) is 1. The molecular weight excluding hydrogens is 466 g/mol. The number of likely N-dealkylation sites (tertiary alicyclic amines) is 1. The summed E-state index contributed by atoms with van der Waals surface area (Å²) in [7, 11) is 0. The van der Waals surface area contributed by atoms with Gasteiger partial charge in [0.25, 0.3) is 0 Å². The molecule has 2 fully saturated rings. The molecule has 0 aromatic carbocycles. The largest absolute Gasteiger partial charge is 0.476 e. The lowest BCUT2D eigenvalue weighted by Crippen LogP contribution is -2.39. The molecule has 0 radical (unpaired) electrons. The van der Waals surface area contributed by atoms with E-state index in [-0.39, 0.29) is 5.04 Å². The van der Waals surface area contributed by atoms with E-state index in [1.54, 1.807) is 0 Å². The van der Waals surface area contributed by atoms with Crippen molar-refractivity contribution in [2.75, 3.05) is 39.3 Å². The molecule has 2 unspecified atom stereocenters. The molecule has 6 heteroatoms. The Morgan fingerprint density at radius 3 is 2.72 bits per heavy atom. The van der Waals surface area contributed by atoms with Gasteiger partial charge in [-0.2, -0.15) is 0 Å². The average molecular weight is 506 g/mol. The number of aliphatic carboxylic acids is 1. The number of piperidine rings is 1. The van der Waals surface area contributed by atoms with E-state index in [0.29, 0.717) is 18.4 Å². The van der Waals surface area contributed by atoms with E-state index in [1.165, 1.54) is 108 Å². The lowest BCUT2D eigenvalue weighted by Gasteiger charge is -2.33. The van der Waals surface area contributed by atoms with Gasteiger partial charge in [0.2, 0.25) is 0 Å². The highest BCUT2D eigenvalue weighted by atomic mass is 32.2. The van der Waals surface area contributed by atoms with Gasteiger partial charge < -0.3 is 14.9 Å². The first-order chi connectivity index (χ1) is 17.5. The Hall–Kier alpha value is -2.05. The molecule has 1 N–H and O–H groups in total. The van der Waals surface area contributed by atoms with Gasteiger partial charge in [-0.05, 0) is 78.9 Å². The van der Waals surface area contributed by atoms with E-state index in [9.17, 15) is 9.90 Å². The van der Waals surface area contributed by atoms with Crippen LogP contribution in [0.15, 0.2) is 61.7 Å². The van der Waals surface area contributed by atoms with Crippen LogP contribution in [0.4, 0.5) is 0 Å². The predicted octanol–water partition coefficient (Wildman–Crippen LogP) is 5.79. The monoisotopic (exact) mass is 505 g/mol. The number of carbonyl (C=O) groups is 1. The van der Waals surface area contributed by atoms with Crippen molar-refractivity contribution < 1.29 is 9.90 Å². The molecule has 5 nitrogen and oxygen atoms in total. The number of hydrogen-bond donors (Lipinski definition) is 1. The number of fused-ring (bicyclic) bond motifs is 4. The van der Waals surface area contributed by atoms with Crippen LogP contribution in [0.3, 0.4) is 0 Å². The van der Waals surface area contributed by atoms with Crippen LogP contribution < -0.4 is 0 Å². The third-order valence-electron chi connectivity index (χ3n) is 8.99. The molecule has 1 saturated carbocycles. The van der Waals surface area contributed by atoms with Crippen molar-refractivity contribution in [2.24, 2.45) is 22.7 Å². The fourth-order valence-corrected chi connectivity index (χ4v) is 8.29. The molecular formula is C30H39N3O2S. The van der Waals surface area contributed by atoms with Gasteiger partial charge in [0.1, 0.15) is 0 Å². The van der Waals surface area contributed by atoms with Gasteiger partial charge in [0, 0.05) is 43.2 Å². The van der Waals surface area contributed by atoms with Crippen LogP contribution in [-0.2, 0) is 4.79 Å². The summed E-state index contributed by atoms with van der Waals surface area (Å²) in [4.78, 5) is 22.8. The van der Waals surface area contributed by atoms with Crippen LogP contribution in [0.25, 0.3) is 0 Å². The Balaban J connectivity index is 1.40. The van der Waals surface area contributed by atoms with Gasteiger partial charge in [-0.1, -0.05) is 55.7 Å². The summed E-state index contributed by atoms with van der Waals surface area (Å²) in [6.45, 7) is 10.5. The Morgan fingerprint density at radius 2 is 1.94 bits per heavy atom. The molecule has 0 bridgehead atoms. The maximum absolute atomic E-state index is 12.0. The minimum Gasteiger partial charge on any atom is -0.476 e. The van der Waals surface area contributed by atoms with Gasteiger partial charge in [0.15, 0.2) is 5.04 Å². The zero-order chi connectivity index (χ0) is 24.8. The van der Waals surface area contributed by atoms with Gasteiger partial charge in [-0.15, -0.1) is 0 Å². The second kappa shape index (κ2) is 10.0. The van der Waals surface area contributed by atoms with E-state index < -0.39 is 5.97 Å². The first-order valence-electron chi connectivity index (χ1n) is 14.0. The van der Waals surface area contributed by atoms with Crippen LogP contribution in [0.1, 0.15) is 58.8 Å². The molecule has 2 atom stereocenters. The SMILES string of the molecule is CC1=CC=C2C(C3CCCCC3)=C3C(=CN(CCN4CCCC(C)C4)CC4=C3SC(C(=O)O)=NC4)C12. The number of rotatable bonds is 5. The van der Waals surface area contributed by atoms with Crippen molar-refractivity contribution in [1.82, 2.24) is 9.80 Å². The lowest BCUT2D eigenvalue weighted by molar-refractivity contribution is -0.129. The van der Waals surface area contributed by atoms with Gasteiger partial charge in [0.05, 0.1) is 6.54 Å². The van der Waals surface area contributed by atoms with Crippen molar-refractivity contribution in [3.63, 3.8) is 0 Å². The van der Waals surface area contributed by atoms with Crippen molar-refractivity contribution in [3.05, 3.63) is 56.7 Å². The third-order valence-corrected chi connectivity index (χ3v) is 10.2. The van der Waals surface area contributed by atoms with Crippen LogP contribution in [-0.4, -0.2) is 65.2 Å². The highest BCUT2D eigenvalue weighted by Crippen LogP contribution is 2.57. The van der Waals surface area contributed by atoms with Crippen molar-refractivity contribution >= 4 is 22.8 Å². The molecule has 0 aromatic heterocycles. The van der Waals surface area contributed by atoms with E-state index in [0.717, 1.165) is 25.6 Å². The molecule has 0 spiro atoms. The smallest absolute Gasteiger partial charge is 0.361 e. The number of thioether (sulfide) groups is 1. The number of hydrogen-bond acceptors (Lipinski definition) is 5. The number of aliphatic imine (C=N–C) groups is 1. The summed E-state index contributed by atoms with van der Waals surface area (Å²) in [5, 5.41) is 10.1. The van der Waals surface area contributed by atoms with Crippen LogP contribution in [0.5, 0.6) is 0 Å². The first kappa shape index (κ1) is 24.3. The highest BCUT2D eigenvalue weighted by Gasteiger charge is 2.44. The van der Waals surface area contributed by atoms with Crippen LogP contribution in [0, 0.1) is 17.8 Å². The molecule has 6 rings (SSSR count). The molecule has 6 aliphatic rings. The third kappa shape index (κ3) is 4.45. The number of carboxylic acids is 1. The van der Waals surface area contributed by atoms with Crippen LogP contribution in [0.2, 0.25) is 0 Å². The van der Waals surface area contributed by atoms with Crippen molar-refractivity contribution in [2.45, 2.75) is 58.8 Å². The van der Waals surface area contributed by atoms with Gasteiger partial charge in [-0.25, -0.2) is 4.79 Å². The highest BCUT2D eigenvalue weighted by molar-refractivity contribution is 8.19. The second-order valence-electron chi connectivity index (χ2n) is 11.7. The van der Waals surface area contributed by atoms with E-state index in [1.807, 2.05) is 0 Å². The summed E-state index contributed by atoms with van der Waals surface area (Å²) in [6.07, 6.45) is 16.2. The Kier molecular flexibility index (Phi) is 6.76. The number of nitrogens with zero attached hydrogens (tertiary/aromatic N) is 3. The molecule has 1 saturated heterocycles. The molecule has 3 heterocycles. The summed E-state index contributed by atoms with van der Waals surface area (Å²) in [5.74, 6) is 0.797. The van der Waals surface area contributed by atoms with Crippen molar-refractivity contribution in [3.8, 4) is 0 Å². The fourth-order valence-electron chi connectivity index (χ4n) is 7.28. The van der Waals surface area contributed by atoms with E-state index >= 15 is 0 Å².